The fourth-order valence-corrected chi connectivity index (χ4v) is 11.0. The van der Waals surface area contributed by atoms with Gasteiger partial charge in [0, 0.05) is 73.7 Å². The molecule has 3 amide bonds. The number of rotatable bonds is 9. The molecule has 5 atom stereocenters. The van der Waals surface area contributed by atoms with E-state index in [-0.39, 0.29) is 67.5 Å². The number of carbonyl (C=O) groups is 4. The van der Waals surface area contributed by atoms with E-state index < -0.39 is 41.0 Å². The number of carbonyl (C=O) groups excluding carboxylic acids is 4. The van der Waals surface area contributed by atoms with Gasteiger partial charge in [-0.2, -0.15) is 5.43 Å². The van der Waals surface area contributed by atoms with Crippen molar-refractivity contribution in [2.75, 3.05) is 33.9 Å². The normalized spacial score (nSPS) is 23.8. The van der Waals surface area contributed by atoms with Crippen molar-refractivity contribution < 1.29 is 38.9 Å². The van der Waals surface area contributed by atoms with E-state index in [0.717, 1.165) is 64.8 Å². The van der Waals surface area contributed by atoms with Crippen LogP contribution in [-0.4, -0.2) is 111 Å². The molecule has 3 aliphatic heterocycles. The van der Waals surface area contributed by atoms with Crippen molar-refractivity contribution in [3.63, 3.8) is 0 Å². The minimum Gasteiger partial charge on any atom is -0.508 e. The largest absolute Gasteiger partial charge is 0.508 e. The number of aliphatic hydroxyl groups is 1. The topological polar surface area (TPSA) is 188 Å². The Bertz CT molecular complexity index is 2510. The van der Waals surface area contributed by atoms with Gasteiger partial charge in [-0.3, -0.25) is 24.4 Å². The van der Waals surface area contributed by atoms with E-state index >= 15 is 0 Å². The molecule has 8 rings (SSSR count). The number of aromatic nitrogens is 2. The van der Waals surface area contributed by atoms with E-state index in [9.17, 15) is 29.4 Å². The van der Waals surface area contributed by atoms with Crippen molar-refractivity contribution in [1.82, 2.24) is 35.5 Å². The summed E-state index contributed by atoms with van der Waals surface area (Å²) >= 11 is 0. The molecule has 354 valence electrons. The van der Waals surface area contributed by atoms with Crippen LogP contribution in [0.1, 0.15) is 103 Å². The maximum absolute atomic E-state index is 14.8. The number of pyridine rings is 1. The highest BCUT2D eigenvalue weighted by atomic mass is 16.6. The number of esters is 1. The van der Waals surface area contributed by atoms with Crippen molar-refractivity contribution >= 4 is 34.6 Å². The average molecular weight is 906 g/mol. The van der Waals surface area contributed by atoms with Crippen LogP contribution in [0.4, 0.5) is 0 Å². The molecule has 0 radical (unpaired) electrons. The van der Waals surface area contributed by atoms with Crippen molar-refractivity contribution in [3.8, 4) is 28.1 Å². The Morgan fingerprint density at radius 3 is 2.53 bits per heavy atom. The number of phenolic OH excluding ortho intramolecular Hbond substituents is 1. The number of nitrogens with one attached hydrogen (secondary N) is 3. The number of amides is 3. The van der Waals surface area contributed by atoms with Crippen LogP contribution >= 0.6 is 0 Å². The molecular weight excluding hydrogens is 839 g/mol. The van der Waals surface area contributed by atoms with Gasteiger partial charge in [0.25, 0.3) is 5.91 Å². The third kappa shape index (κ3) is 8.82. The minimum absolute atomic E-state index is 0.0127. The van der Waals surface area contributed by atoms with Crippen LogP contribution < -0.4 is 16.1 Å². The van der Waals surface area contributed by atoms with Crippen LogP contribution in [0.5, 0.6) is 5.75 Å². The van der Waals surface area contributed by atoms with Crippen LogP contribution in [0.2, 0.25) is 0 Å². The zero-order valence-electron chi connectivity index (χ0n) is 39.7. The Labute approximate surface area is 387 Å². The molecule has 2 aromatic carbocycles. The lowest BCUT2D eigenvalue weighted by Crippen LogP contribution is -2.67. The lowest BCUT2D eigenvalue weighted by molar-refractivity contribution is -0.189. The van der Waals surface area contributed by atoms with Crippen LogP contribution in [0.3, 0.4) is 0 Å². The first-order valence-corrected chi connectivity index (χ1v) is 23.7. The fourth-order valence-electron chi connectivity index (χ4n) is 11.0. The van der Waals surface area contributed by atoms with E-state index in [1.807, 2.05) is 52.8 Å². The van der Waals surface area contributed by atoms with Gasteiger partial charge in [-0.15, -0.1) is 0 Å². The Kier molecular flexibility index (Phi) is 13.1. The third-order valence-electron chi connectivity index (χ3n) is 14.6. The number of ether oxygens (including phenoxy) is 2. The van der Waals surface area contributed by atoms with Crippen molar-refractivity contribution in [2.45, 2.75) is 129 Å². The Hall–Kier alpha value is -5.35. The van der Waals surface area contributed by atoms with E-state index in [1.165, 1.54) is 5.01 Å². The van der Waals surface area contributed by atoms with Crippen LogP contribution in [-0.2, 0) is 48.0 Å². The first-order chi connectivity index (χ1) is 31.4. The minimum atomic E-state index is -2.23. The molecule has 4 aliphatic rings. The lowest BCUT2D eigenvalue weighted by atomic mass is 9.69. The number of hydrogen-bond acceptors (Lipinski definition) is 11. The Morgan fingerprint density at radius 1 is 1.06 bits per heavy atom. The van der Waals surface area contributed by atoms with E-state index in [1.54, 1.807) is 37.4 Å². The van der Waals surface area contributed by atoms with Crippen LogP contribution in [0, 0.1) is 17.3 Å². The van der Waals surface area contributed by atoms with Crippen molar-refractivity contribution in [3.05, 3.63) is 71.5 Å². The molecule has 3 fully saturated rings. The van der Waals surface area contributed by atoms with Crippen molar-refractivity contribution in [1.29, 1.82) is 0 Å². The number of aryl methyl sites for hydroxylation is 1. The molecule has 15 heteroatoms. The molecule has 4 aromatic rings. The van der Waals surface area contributed by atoms with Gasteiger partial charge in [-0.1, -0.05) is 39.8 Å². The predicted octanol–water partition coefficient (Wildman–Crippen LogP) is 5.79. The first kappa shape index (κ1) is 47.2. The van der Waals surface area contributed by atoms with E-state index in [0.29, 0.717) is 30.5 Å². The second kappa shape index (κ2) is 18.4. The number of cyclic esters (lactones) is 1. The molecule has 5 N–H and O–H groups in total. The second-order valence-corrected chi connectivity index (χ2v) is 20.2. The summed E-state index contributed by atoms with van der Waals surface area (Å²) in [6.07, 6.45) is 5.71. The first-order valence-electron chi connectivity index (χ1n) is 23.7. The summed E-state index contributed by atoms with van der Waals surface area (Å²) in [5, 5.41) is 32.0. The molecule has 1 unspecified atom stereocenters. The molecule has 1 spiro atoms. The van der Waals surface area contributed by atoms with Crippen LogP contribution in [0.15, 0.2) is 54.7 Å². The summed E-state index contributed by atoms with van der Waals surface area (Å²) in [6, 6.07) is 13.2. The number of hydrogen-bond donors (Lipinski definition) is 5. The second-order valence-electron chi connectivity index (χ2n) is 20.2. The zero-order valence-corrected chi connectivity index (χ0v) is 39.7. The summed E-state index contributed by atoms with van der Waals surface area (Å²) in [5.74, 6) is -2.69. The summed E-state index contributed by atoms with van der Waals surface area (Å²) in [6.45, 7) is 13.3. The molecule has 2 saturated heterocycles. The molecule has 66 heavy (non-hydrogen) atoms. The number of likely N-dealkylation sites (N-methyl/N-ethyl adjacent to an activating group) is 1. The molecule has 1 aliphatic carbocycles. The van der Waals surface area contributed by atoms with Gasteiger partial charge >= 0.3 is 5.97 Å². The summed E-state index contributed by atoms with van der Waals surface area (Å²) in [4.78, 5) is 63.9. The highest BCUT2D eigenvalue weighted by Crippen LogP contribution is 2.45. The highest BCUT2D eigenvalue weighted by Gasteiger charge is 2.52. The quantitative estimate of drug-likeness (QED) is 0.128. The van der Waals surface area contributed by atoms with Crippen LogP contribution in [0.25, 0.3) is 33.3 Å². The SMILES string of the molecule is CCn1c(-c2cccnc2[C@H](C)OC)c2c3cc(ccc31)-c1cc(O)cc(c1)C[C@H](NC(=O)[C@H](C(C)C)N(C)C(=O)C1CCNC13CCC3)C(=O)N1CCC[C@@](O)(N1)C(=O)OCC(C)(C)C2. The van der Waals surface area contributed by atoms with Gasteiger partial charge in [-0.05, 0) is 123 Å². The monoisotopic (exact) mass is 906 g/mol. The Morgan fingerprint density at radius 2 is 1.83 bits per heavy atom. The number of hydrazine groups is 1. The number of benzene rings is 2. The van der Waals surface area contributed by atoms with Crippen molar-refractivity contribution in [2.24, 2.45) is 17.3 Å². The number of fused-ring (bicyclic) bond motifs is 6. The molecule has 1 saturated carbocycles. The lowest BCUT2D eigenvalue weighted by Gasteiger charge is -2.45. The maximum atomic E-state index is 14.8. The van der Waals surface area contributed by atoms with E-state index in [2.05, 4.69) is 45.7 Å². The Balaban J connectivity index is 1.23. The number of nitrogens with zero attached hydrogens (tertiary/aromatic N) is 4. The fraction of sp³-hybridized carbons (Fsp3) is 0.549. The summed E-state index contributed by atoms with van der Waals surface area (Å²) in [5.41, 5.74) is 6.42. The molecule has 6 bridgehead atoms. The number of aromatic hydroxyl groups is 1. The van der Waals surface area contributed by atoms with Gasteiger partial charge in [-0.25, -0.2) is 4.79 Å². The van der Waals surface area contributed by atoms with Gasteiger partial charge < -0.3 is 39.8 Å². The molecule has 2 aromatic heterocycles. The standard InChI is InChI=1S/C51H67N7O8/c1-9-57-41-15-14-33-27-37(41)38(44(57)36-13-10-20-52-42(36)31(4)65-8)28-49(5,6)29-66-48(63)51(64)19-12-22-58(55-51)47(62)40(25-32-23-34(33)26-35(59)24-32)54-45(60)43(30(2)3)56(7)46(61)39-16-21-53-50(39)17-11-18-50/h10,13-15,20,23-24,26-27,30-31,39-40,43,53,55,59,64H,9,11-12,16-19,21-22,25,28-29H2,1-8H3,(H,54,60)/t31-,39?,40-,43-,51-/m0/s1. The smallest absolute Gasteiger partial charge is 0.355 e. The van der Waals surface area contributed by atoms with Gasteiger partial charge in [0.15, 0.2) is 0 Å². The van der Waals surface area contributed by atoms with Gasteiger partial charge in [0.05, 0.1) is 30.0 Å². The number of phenols is 1. The molecular formula is C51H67N7O8. The van der Waals surface area contributed by atoms with Gasteiger partial charge in [0.1, 0.15) is 17.8 Å². The predicted molar refractivity (Wildman–Crippen MR) is 251 cm³/mol. The van der Waals surface area contributed by atoms with Gasteiger partial charge in [0.2, 0.25) is 17.5 Å². The summed E-state index contributed by atoms with van der Waals surface area (Å²) < 4.78 is 14.1. The zero-order chi connectivity index (χ0) is 47.3. The maximum Gasteiger partial charge on any atom is 0.355 e. The molecule has 5 heterocycles. The number of methoxy groups -OCH3 is 1. The summed E-state index contributed by atoms with van der Waals surface area (Å²) in [7, 11) is 3.33. The average Bonchev–Trinajstić information content (AvgIpc) is 3.86. The molecule has 15 nitrogen and oxygen atoms in total. The highest BCUT2D eigenvalue weighted by molar-refractivity contribution is 5.96. The van der Waals surface area contributed by atoms with E-state index in [4.69, 9.17) is 14.5 Å². The third-order valence-corrected chi connectivity index (χ3v) is 14.6.